The van der Waals surface area contributed by atoms with E-state index in [2.05, 4.69) is 30.9 Å². The summed E-state index contributed by atoms with van der Waals surface area (Å²) >= 11 is 0. The van der Waals surface area contributed by atoms with E-state index in [4.69, 9.17) is 10.5 Å². The van der Waals surface area contributed by atoms with Crippen LogP contribution in [0.5, 0.6) is 0 Å². The first-order chi connectivity index (χ1) is 7.58. The van der Waals surface area contributed by atoms with Crippen molar-refractivity contribution < 1.29 is 4.74 Å². The molecule has 3 nitrogen and oxygen atoms in total. The van der Waals surface area contributed by atoms with Gasteiger partial charge in [-0.2, -0.15) is 0 Å². The minimum atomic E-state index is 0.125. The van der Waals surface area contributed by atoms with Gasteiger partial charge in [-0.3, -0.25) is 4.90 Å². The SMILES string of the molecule is CC1(C)COCCN1Cc1ccc(N)cc1. The molecule has 16 heavy (non-hydrogen) atoms. The van der Waals surface area contributed by atoms with E-state index >= 15 is 0 Å². The van der Waals surface area contributed by atoms with Crippen molar-refractivity contribution in [2.24, 2.45) is 0 Å². The Bertz CT molecular complexity index is 345. The minimum absolute atomic E-state index is 0.125. The molecule has 0 atom stereocenters. The number of ether oxygens (including phenoxy) is 1. The first kappa shape index (κ1) is 11.4. The van der Waals surface area contributed by atoms with E-state index in [1.807, 2.05) is 12.1 Å². The zero-order chi connectivity index (χ0) is 11.6. The monoisotopic (exact) mass is 220 g/mol. The Morgan fingerprint density at radius 2 is 2.00 bits per heavy atom. The van der Waals surface area contributed by atoms with Crippen LogP contribution in [0.25, 0.3) is 0 Å². The predicted octanol–water partition coefficient (Wildman–Crippen LogP) is 1.88. The first-order valence-electron chi connectivity index (χ1n) is 5.75. The lowest BCUT2D eigenvalue weighted by Gasteiger charge is -2.42. The zero-order valence-electron chi connectivity index (χ0n) is 10.1. The Kier molecular flexibility index (Phi) is 3.17. The fourth-order valence-corrected chi connectivity index (χ4v) is 2.03. The second-order valence-electron chi connectivity index (χ2n) is 5.03. The molecule has 1 aliphatic heterocycles. The fraction of sp³-hybridized carbons (Fsp3) is 0.538. The van der Waals surface area contributed by atoms with E-state index in [1.165, 1.54) is 5.56 Å². The highest BCUT2D eigenvalue weighted by Gasteiger charge is 2.30. The molecule has 1 aromatic carbocycles. The second-order valence-corrected chi connectivity index (χ2v) is 5.03. The average molecular weight is 220 g/mol. The van der Waals surface area contributed by atoms with Crippen molar-refractivity contribution in [3.8, 4) is 0 Å². The van der Waals surface area contributed by atoms with E-state index in [0.29, 0.717) is 0 Å². The van der Waals surface area contributed by atoms with E-state index in [9.17, 15) is 0 Å². The molecule has 1 heterocycles. The van der Waals surface area contributed by atoms with Gasteiger partial charge < -0.3 is 10.5 Å². The highest BCUT2D eigenvalue weighted by Crippen LogP contribution is 2.21. The number of hydrogen-bond donors (Lipinski definition) is 1. The highest BCUT2D eigenvalue weighted by molar-refractivity contribution is 5.39. The summed E-state index contributed by atoms with van der Waals surface area (Å²) in [7, 11) is 0. The van der Waals surface area contributed by atoms with Crippen LogP contribution in [0.3, 0.4) is 0 Å². The van der Waals surface area contributed by atoms with Crippen LogP contribution in [0.15, 0.2) is 24.3 Å². The number of morpholine rings is 1. The van der Waals surface area contributed by atoms with E-state index in [0.717, 1.165) is 32.0 Å². The highest BCUT2D eigenvalue weighted by atomic mass is 16.5. The molecule has 1 aliphatic rings. The van der Waals surface area contributed by atoms with Crippen molar-refractivity contribution in [3.63, 3.8) is 0 Å². The number of benzene rings is 1. The summed E-state index contributed by atoms with van der Waals surface area (Å²) in [5.41, 5.74) is 7.94. The molecule has 88 valence electrons. The van der Waals surface area contributed by atoms with Gasteiger partial charge in [0.1, 0.15) is 0 Å². The number of rotatable bonds is 2. The number of anilines is 1. The van der Waals surface area contributed by atoms with Crippen molar-refractivity contribution >= 4 is 5.69 Å². The van der Waals surface area contributed by atoms with Crippen molar-refractivity contribution in [3.05, 3.63) is 29.8 Å². The van der Waals surface area contributed by atoms with Gasteiger partial charge in [0, 0.05) is 24.3 Å². The van der Waals surface area contributed by atoms with Gasteiger partial charge in [0.25, 0.3) is 0 Å². The predicted molar refractivity (Wildman–Crippen MR) is 66.2 cm³/mol. The minimum Gasteiger partial charge on any atom is -0.399 e. The summed E-state index contributed by atoms with van der Waals surface area (Å²) in [5, 5.41) is 0. The number of hydrogen-bond acceptors (Lipinski definition) is 3. The van der Waals surface area contributed by atoms with Crippen LogP contribution in [-0.4, -0.2) is 30.2 Å². The van der Waals surface area contributed by atoms with Crippen LogP contribution in [0.4, 0.5) is 5.69 Å². The van der Waals surface area contributed by atoms with Gasteiger partial charge in [-0.1, -0.05) is 12.1 Å². The molecule has 2 rings (SSSR count). The molecule has 0 bridgehead atoms. The van der Waals surface area contributed by atoms with Crippen molar-refractivity contribution in [2.45, 2.75) is 25.9 Å². The molecule has 0 unspecified atom stereocenters. The smallest absolute Gasteiger partial charge is 0.0645 e. The van der Waals surface area contributed by atoms with Gasteiger partial charge >= 0.3 is 0 Å². The Hall–Kier alpha value is -1.06. The molecular formula is C13H20N2O. The maximum atomic E-state index is 5.68. The number of nitrogens with two attached hydrogens (primary N) is 1. The van der Waals surface area contributed by atoms with Crippen LogP contribution >= 0.6 is 0 Å². The standard InChI is InChI=1S/C13H20N2O/c1-13(2)10-16-8-7-15(13)9-11-3-5-12(14)6-4-11/h3-6H,7-10,14H2,1-2H3. The first-order valence-corrected chi connectivity index (χ1v) is 5.75. The zero-order valence-corrected chi connectivity index (χ0v) is 10.1. The quantitative estimate of drug-likeness (QED) is 0.773. The van der Waals surface area contributed by atoms with E-state index < -0.39 is 0 Å². The summed E-state index contributed by atoms with van der Waals surface area (Å²) in [4.78, 5) is 2.46. The van der Waals surface area contributed by atoms with Crippen molar-refractivity contribution in [1.82, 2.24) is 4.90 Å². The Morgan fingerprint density at radius 3 is 2.62 bits per heavy atom. The third-order valence-corrected chi connectivity index (χ3v) is 3.17. The molecule has 0 spiro atoms. The third kappa shape index (κ3) is 2.54. The van der Waals surface area contributed by atoms with Gasteiger partial charge in [0.2, 0.25) is 0 Å². The normalized spacial score (nSPS) is 20.9. The lowest BCUT2D eigenvalue weighted by atomic mass is 10.0. The van der Waals surface area contributed by atoms with Crippen LogP contribution in [0, 0.1) is 0 Å². The van der Waals surface area contributed by atoms with Gasteiger partial charge in [0.15, 0.2) is 0 Å². The van der Waals surface area contributed by atoms with Crippen LogP contribution in [0.2, 0.25) is 0 Å². The number of nitrogens with zero attached hydrogens (tertiary/aromatic N) is 1. The molecule has 0 aromatic heterocycles. The molecule has 1 saturated heterocycles. The molecule has 0 saturated carbocycles. The molecule has 3 heteroatoms. The summed E-state index contributed by atoms with van der Waals surface area (Å²) in [6.07, 6.45) is 0. The summed E-state index contributed by atoms with van der Waals surface area (Å²) < 4.78 is 5.51. The average Bonchev–Trinajstić information content (AvgIpc) is 2.24. The van der Waals surface area contributed by atoms with Gasteiger partial charge in [-0.05, 0) is 31.5 Å². The molecule has 2 N–H and O–H groups in total. The third-order valence-electron chi connectivity index (χ3n) is 3.17. The van der Waals surface area contributed by atoms with Gasteiger partial charge in [-0.25, -0.2) is 0 Å². The van der Waals surface area contributed by atoms with E-state index in [1.54, 1.807) is 0 Å². The Morgan fingerprint density at radius 1 is 1.31 bits per heavy atom. The van der Waals surface area contributed by atoms with Crippen LogP contribution in [-0.2, 0) is 11.3 Å². The Labute approximate surface area is 97.2 Å². The maximum Gasteiger partial charge on any atom is 0.0645 e. The van der Waals surface area contributed by atoms with E-state index in [-0.39, 0.29) is 5.54 Å². The fourth-order valence-electron chi connectivity index (χ4n) is 2.03. The summed E-state index contributed by atoms with van der Waals surface area (Å²) in [6.45, 7) is 8.06. The molecule has 1 aromatic rings. The van der Waals surface area contributed by atoms with Crippen LogP contribution in [0.1, 0.15) is 19.4 Å². The summed E-state index contributed by atoms with van der Waals surface area (Å²) in [5.74, 6) is 0. The molecule has 0 radical (unpaired) electrons. The molecule has 1 fully saturated rings. The lowest BCUT2D eigenvalue weighted by molar-refractivity contribution is -0.0552. The lowest BCUT2D eigenvalue weighted by Crippen LogP contribution is -2.52. The molecule has 0 amide bonds. The largest absolute Gasteiger partial charge is 0.399 e. The van der Waals surface area contributed by atoms with Gasteiger partial charge in [-0.15, -0.1) is 0 Å². The van der Waals surface area contributed by atoms with Crippen molar-refractivity contribution in [2.75, 3.05) is 25.5 Å². The van der Waals surface area contributed by atoms with Crippen LogP contribution < -0.4 is 5.73 Å². The van der Waals surface area contributed by atoms with Crippen molar-refractivity contribution in [1.29, 1.82) is 0 Å². The number of nitrogen functional groups attached to an aromatic ring is 1. The Balaban J connectivity index is 2.05. The second kappa shape index (κ2) is 4.44. The molecular weight excluding hydrogens is 200 g/mol. The topological polar surface area (TPSA) is 38.5 Å². The maximum absolute atomic E-state index is 5.68. The van der Waals surface area contributed by atoms with Gasteiger partial charge in [0.05, 0.1) is 13.2 Å². The summed E-state index contributed by atoms with van der Waals surface area (Å²) in [6, 6.07) is 8.12. The molecule has 0 aliphatic carbocycles.